The predicted molar refractivity (Wildman–Crippen MR) is 75.0 cm³/mol. The molecule has 0 spiro atoms. The van der Waals surface area contributed by atoms with Gasteiger partial charge < -0.3 is 4.74 Å². The minimum absolute atomic E-state index is 0.0100. The van der Waals surface area contributed by atoms with Gasteiger partial charge in [-0.15, -0.1) is 0 Å². The Hall–Kier alpha value is -1.17. The summed E-state index contributed by atoms with van der Waals surface area (Å²) in [5.74, 6) is 5.93. The first-order chi connectivity index (χ1) is 9.54. The molecule has 0 radical (unpaired) electrons. The molecule has 0 aromatic heterocycles. The number of hydrogen-bond donors (Lipinski definition) is 1. The maximum absolute atomic E-state index is 13.2. The Bertz CT molecular complexity index is 484. The van der Waals surface area contributed by atoms with Crippen LogP contribution in [0.2, 0.25) is 5.02 Å². The number of benzene rings is 1. The number of nitrogens with zero attached hydrogens (tertiary/aromatic N) is 1. The van der Waals surface area contributed by atoms with E-state index in [-0.39, 0.29) is 17.4 Å². The molecule has 2 N–H and O–H groups in total. The molecule has 0 bridgehead atoms. The molecule has 0 aliphatic carbocycles. The van der Waals surface area contributed by atoms with Gasteiger partial charge in [0.25, 0.3) is 0 Å². The van der Waals surface area contributed by atoms with Crippen LogP contribution in [0.1, 0.15) is 19.3 Å². The number of ether oxygens (including phenoxy) is 1. The largest absolute Gasteiger partial charge is 0.486 e. The van der Waals surface area contributed by atoms with Crippen LogP contribution in [0.4, 0.5) is 4.39 Å². The van der Waals surface area contributed by atoms with Gasteiger partial charge in [0.05, 0.1) is 5.02 Å². The highest BCUT2D eigenvalue weighted by Crippen LogP contribution is 2.21. The van der Waals surface area contributed by atoms with Gasteiger partial charge in [-0.3, -0.25) is 10.6 Å². The van der Waals surface area contributed by atoms with E-state index < -0.39 is 5.82 Å². The topological polar surface area (TPSA) is 55.6 Å². The fourth-order valence-electron chi connectivity index (χ4n) is 2.27. The van der Waals surface area contributed by atoms with Crippen LogP contribution >= 0.6 is 11.6 Å². The second-order valence-electron chi connectivity index (χ2n) is 5.09. The minimum Gasteiger partial charge on any atom is -0.486 e. The number of ketones is 1. The maximum Gasteiger partial charge on any atom is 0.170 e. The Morgan fingerprint density at radius 2 is 2.35 bits per heavy atom. The Labute approximate surface area is 122 Å². The molecule has 0 amide bonds. The number of carbonyl (C=O) groups is 1. The molecular weight excluding hydrogens is 283 g/mol. The Morgan fingerprint density at radius 1 is 1.55 bits per heavy atom. The summed E-state index contributed by atoms with van der Waals surface area (Å²) in [6.07, 6.45) is 2.33. The molecule has 4 nitrogen and oxygen atoms in total. The van der Waals surface area contributed by atoms with Gasteiger partial charge in [0.15, 0.2) is 5.78 Å². The molecule has 1 atom stereocenters. The molecule has 1 unspecified atom stereocenters. The van der Waals surface area contributed by atoms with Crippen molar-refractivity contribution in [2.24, 2.45) is 11.8 Å². The van der Waals surface area contributed by atoms with Crippen LogP contribution in [0.15, 0.2) is 18.2 Å². The van der Waals surface area contributed by atoms with Gasteiger partial charge in [0, 0.05) is 25.6 Å². The first kappa shape index (κ1) is 15.2. The minimum atomic E-state index is -0.550. The predicted octanol–water partition coefficient (Wildman–Crippen LogP) is 2.40. The molecule has 20 heavy (non-hydrogen) atoms. The smallest absolute Gasteiger partial charge is 0.170 e. The van der Waals surface area contributed by atoms with Gasteiger partial charge in [0.2, 0.25) is 0 Å². The third kappa shape index (κ3) is 4.44. The van der Waals surface area contributed by atoms with Crippen LogP contribution in [0.5, 0.6) is 5.75 Å². The third-order valence-corrected chi connectivity index (χ3v) is 3.75. The van der Waals surface area contributed by atoms with E-state index in [0.29, 0.717) is 18.1 Å². The average Bonchev–Trinajstić information content (AvgIpc) is 2.83. The lowest BCUT2D eigenvalue weighted by molar-refractivity contribution is -0.121. The van der Waals surface area contributed by atoms with E-state index in [4.69, 9.17) is 22.2 Å². The number of hydrogen-bond acceptors (Lipinski definition) is 4. The highest BCUT2D eigenvalue weighted by Gasteiger charge is 2.20. The molecule has 6 heteroatoms. The lowest BCUT2D eigenvalue weighted by Crippen LogP contribution is -2.28. The highest BCUT2D eigenvalue weighted by molar-refractivity contribution is 6.30. The number of Topliss-reactive ketones (excluding diaryl/α,β-unsaturated/α-hetero) is 1. The first-order valence-corrected chi connectivity index (χ1v) is 7.01. The fraction of sp³-hybridized carbons (Fsp3) is 0.500. The van der Waals surface area contributed by atoms with Crippen LogP contribution in [0, 0.1) is 11.7 Å². The number of carbonyl (C=O) groups excluding carboxylic acids is 1. The van der Waals surface area contributed by atoms with Crippen molar-refractivity contribution in [3.05, 3.63) is 29.0 Å². The summed E-state index contributed by atoms with van der Waals surface area (Å²) >= 11 is 5.57. The Kier molecular flexibility index (Phi) is 5.34. The average molecular weight is 301 g/mol. The number of rotatable bonds is 6. The maximum atomic E-state index is 13.2. The summed E-state index contributed by atoms with van der Waals surface area (Å²) in [5, 5.41) is 1.82. The van der Waals surface area contributed by atoms with Gasteiger partial charge >= 0.3 is 0 Å². The van der Waals surface area contributed by atoms with Crippen LogP contribution < -0.4 is 10.6 Å². The van der Waals surface area contributed by atoms with Gasteiger partial charge in [-0.05, 0) is 30.9 Å². The molecule has 1 aliphatic rings. The van der Waals surface area contributed by atoms with Crippen molar-refractivity contribution in [3.63, 3.8) is 0 Å². The molecule has 1 saturated heterocycles. The summed E-state index contributed by atoms with van der Waals surface area (Å²) in [4.78, 5) is 11.7. The van der Waals surface area contributed by atoms with Crippen molar-refractivity contribution < 1.29 is 13.9 Å². The first-order valence-electron chi connectivity index (χ1n) is 6.64. The summed E-state index contributed by atoms with van der Waals surface area (Å²) in [6, 6.07) is 4.13. The van der Waals surface area contributed by atoms with E-state index in [1.807, 2.05) is 0 Å². The van der Waals surface area contributed by atoms with Crippen molar-refractivity contribution in [2.45, 2.75) is 19.3 Å². The van der Waals surface area contributed by atoms with Crippen LogP contribution in [-0.2, 0) is 4.79 Å². The molecule has 110 valence electrons. The van der Waals surface area contributed by atoms with E-state index >= 15 is 0 Å². The van der Waals surface area contributed by atoms with Crippen molar-refractivity contribution in [2.75, 3.05) is 19.7 Å². The molecular formula is C14H18ClFN2O2. The van der Waals surface area contributed by atoms with Crippen LogP contribution in [0.3, 0.4) is 0 Å². The Morgan fingerprint density at radius 3 is 3.00 bits per heavy atom. The fourth-order valence-corrected chi connectivity index (χ4v) is 2.38. The summed E-state index contributed by atoms with van der Waals surface area (Å²) in [7, 11) is 0. The molecule has 2 rings (SSSR count). The van der Waals surface area contributed by atoms with Crippen molar-refractivity contribution in [1.29, 1.82) is 0 Å². The van der Waals surface area contributed by atoms with Gasteiger partial charge in [-0.2, -0.15) is 0 Å². The molecule has 1 heterocycles. The number of halogens is 2. The monoisotopic (exact) mass is 300 g/mol. The normalized spacial score (nSPS) is 19.2. The van der Waals surface area contributed by atoms with E-state index in [1.54, 1.807) is 11.1 Å². The quantitative estimate of drug-likeness (QED) is 0.820. The molecule has 0 saturated carbocycles. The summed E-state index contributed by atoms with van der Waals surface area (Å²) in [6.45, 7) is 1.69. The number of nitrogens with two attached hydrogens (primary N) is 1. The van der Waals surface area contributed by atoms with E-state index in [9.17, 15) is 9.18 Å². The SMILES string of the molecule is NN1CCC(CCC(=O)COc2ccc(Cl)c(F)c2)C1. The zero-order valence-corrected chi connectivity index (χ0v) is 11.9. The molecule has 1 fully saturated rings. The summed E-state index contributed by atoms with van der Waals surface area (Å²) < 4.78 is 18.4. The van der Waals surface area contributed by atoms with E-state index in [0.717, 1.165) is 25.9 Å². The standard InChI is InChI=1S/C14H18ClFN2O2/c15-13-4-3-12(7-14(13)16)20-9-11(19)2-1-10-5-6-18(17)8-10/h3-4,7,10H,1-2,5-6,8-9,17H2. The van der Waals surface area contributed by atoms with Crippen LogP contribution in [-0.4, -0.2) is 30.5 Å². The summed E-state index contributed by atoms with van der Waals surface area (Å²) in [5.41, 5.74) is 0. The highest BCUT2D eigenvalue weighted by atomic mass is 35.5. The van der Waals surface area contributed by atoms with Crippen molar-refractivity contribution in [3.8, 4) is 5.75 Å². The zero-order chi connectivity index (χ0) is 14.5. The second-order valence-corrected chi connectivity index (χ2v) is 5.50. The molecule has 1 aromatic rings. The van der Waals surface area contributed by atoms with Gasteiger partial charge in [-0.1, -0.05) is 11.6 Å². The molecule has 1 aliphatic heterocycles. The number of hydrazine groups is 1. The van der Waals surface area contributed by atoms with Crippen molar-refractivity contribution in [1.82, 2.24) is 5.01 Å². The zero-order valence-electron chi connectivity index (χ0n) is 11.1. The van der Waals surface area contributed by atoms with Gasteiger partial charge in [0.1, 0.15) is 18.2 Å². The third-order valence-electron chi connectivity index (χ3n) is 3.44. The van der Waals surface area contributed by atoms with Crippen LogP contribution in [0.25, 0.3) is 0 Å². The lowest BCUT2D eigenvalue weighted by atomic mass is 10.0. The van der Waals surface area contributed by atoms with Crippen molar-refractivity contribution >= 4 is 17.4 Å². The second kappa shape index (κ2) is 7.02. The Balaban J connectivity index is 1.70. The van der Waals surface area contributed by atoms with Gasteiger partial charge in [-0.25, -0.2) is 9.40 Å². The van der Waals surface area contributed by atoms with E-state index in [2.05, 4.69) is 0 Å². The molecule has 1 aromatic carbocycles. The lowest BCUT2D eigenvalue weighted by Gasteiger charge is -2.10. The van der Waals surface area contributed by atoms with E-state index in [1.165, 1.54) is 12.1 Å².